The molecular weight excluding hydrogens is 272 g/mol. The van der Waals surface area contributed by atoms with Crippen molar-refractivity contribution in [2.75, 3.05) is 0 Å². The van der Waals surface area contributed by atoms with Crippen molar-refractivity contribution in [1.82, 2.24) is 4.98 Å². The van der Waals surface area contributed by atoms with E-state index < -0.39 is 24.1 Å². The smallest absolute Gasteiger partial charge is 0.399 e. The van der Waals surface area contributed by atoms with E-state index >= 15 is 0 Å². The van der Waals surface area contributed by atoms with Gasteiger partial charge in [0.2, 0.25) is 5.56 Å². The summed E-state index contributed by atoms with van der Waals surface area (Å²) in [4.78, 5) is 14.4. The lowest BCUT2D eigenvalue weighted by Crippen LogP contribution is -2.41. The van der Waals surface area contributed by atoms with Crippen molar-refractivity contribution in [3.8, 4) is 0 Å². The quantitative estimate of drug-likeness (QED) is 0.817. The van der Waals surface area contributed by atoms with E-state index in [2.05, 4.69) is 4.98 Å². The number of benzene rings is 1. The third kappa shape index (κ3) is 2.28. The van der Waals surface area contributed by atoms with Gasteiger partial charge in [-0.2, -0.15) is 0 Å². The molecule has 0 aliphatic carbocycles. The molecule has 1 aliphatic rings. The molecule has 1 aromatic heterocycles. The van der Waals surface area contributed by atoms with Gasteiger partial charge in [0.15, 0.2) is 0 Å². The Morgan fingerprint density at radius 2 is 1.71 bits per heavy atom. The van der Waals surface area contributed by atoms with Gasteiger partial charge in [-0.1, -0.05) is 6.07 Å². The first-order chi connectivity index (χ1) is 9.69. The molecule has 1 aliphatic heterocycles. The maximum atomic E-state index is 13.3. The van der Waals surface area contributed by atoms with Crippen LogP contribution in [0, 0.1) is 5.82 Å². The first-order valence-corrected chi connectivity index (χ1v) is 6.88. The molecule has 1 fully saturated rings. The molecule has 110 valence electrons. The zero-order valence-electron chi connectivity index (χ0n) is 12.5. The number of rotatable bonds is 1. The SMILES string of the molecule is CC1(C)OB(c2cc(=O)[nH]c3cc(F)ccc23)OC1(C)C. The van der Waals surface area contributed by atoms with Crippen molar-refractivity contribution in [3.63, 3.8) is 0 Å². The summed E-state index contributed by atoms with van der Waals surface area (Å²) in [5.74, 6) is -0.399. The molecule has 1 N–H and O–H groups in total. The van der Waals surface area contributed by atoms with Crippen LogP contribution in [0.5, 0.6) is 0 Å². The molecule has 1 saturated heterocycles. The Hall–Kier alpha value is -1.66. The molecule has 0 unspecified atom stereocenters. The van der Waals surface area contributed by atoms with Gasteiger partial charge in [-0.25, -0.2) is 4.39 Å². The van der Waals surface area contributed by atoms with E-state index in [9.17, 15) is 9.18 Å². The number of aromatic nitrogens is 1. The zero-order valence-corrected chi connectivity index (χ0v) is 12.5. The Morgan fingerprint density at radius 1 is 1.10 bits per heavy atom. The second kappa shape index (κ2) is 4.42. The third-order valence-corrected chi connectivity index (χ3v) is 4.34. The number of H-pyrrole nitrogens is 1. The Balaban J connectivity index is 2.16. The monoisotopic (exact) mass is 289 g/mol. The summed E-state index contributed by atoms with van der Waals surface area (Å²) in [5.41, 5.74) is -0.239. The maximum absolute atomic E-state index is 13.3. The van der Waals surface area contributed by atoms with E-state index in [0.717, 1.165) is 5.39 Å². The van der Waals surface area contributed by atoms with E-state index in [1.54, 1.807) is 6.07 Å². The standard InChI is InChI=1S/C15H17BFNO3/c1-14(2)15(3,4)21-16(20-14)11-8-13(19)18-12-7-9(17)5-6-10(11)12/h5-8H,1-4H3,(H,18,19). The molecule has 3 rings (SSSR count). The van der Waals surface area contributed by atoms with Crippen molar-refractivity contribution in [3.05, 3.63) is 40.4 Å². The fourth-order valence-electron chi connectivity index (χ4n) is 2.42. The van der Waals surface area contributed by atoms with Gasteiger partial charge in [0.25, 0.3) is 0 Å². The van der Waals surface area contributed by atoms with Crippen LogP contribution in [0.2, 0.25) is 0 Å². The summed E-state index contributed by atoms with van der Waals surface area (Å²) >= 11 is 0. The Bertz CT molecular complexity index is 753. The number of fused-ring (bicyclic) bond motifs is 1. The maximum Gasteiger partial charge on any atom is 0.495 e. The average Bonchev–Trinajstić information content (AvgIpc) is 2.56. The van der Waals surface area contributed by atoms with Gasteiger partial charge in [-0.05, 0) is 50.7 Å². The summed E-state index contributed by atoms with van der Waals surface area (Å²) in [7, 11) is -0.648. The minimum atomic E-state index is -0.648. The topological polar surface area (TPSA) is 51.3 Å². The van der Waals surface area contributed by atoms with Crippen molar-refractivity contribution in [2.45, 2.75) is 38.9 Å². The van der Waals surface area contributed by atoms with Crippen molar-refractivity contribution < 1.29 is 13.7 Å². The van der Waals surface area contributed by atoms with E-state index in [4.69, 9.17) is 9.31 Å². The van der Waals surface area contributed by atoms with Gasteiger partial charge in [0.1, 0.15) is 5.82 Å². The van der Waals surface area contributed by atoms with Crippen LogP contribution in [-0.4, -0.2) is 23.3 Å². The van der Waals surface area contributed by atoms with Crippen molar-refractivity contribution >= 4 is 23.5 Å². The van der Waals surface area contributed by atoms with Crippen LogP contribution in [0.15, 0.2) is 29.1 Å². The number of nitrogens with one attached hydrogen (secondary N) is 1. The van der Waals surface area contributed by atoms with Crippen molar-refractivity contribution in [1.29, 1.82) is 0 Å². The average molecular weight is 289 g/mol. The Kier molecular flexibility index (Phi) is 3.01. The lowest BCUT2D eigenvalue weighted by atomic mass is 9.77. The highest BCUT2D eigenvalue weighted by Crippen LogP contribution is 2.36. The van der Waals surface area contributed by atoms with Crippen LogP contribution >= 0.6 is 0 Å². The highest BCUT2D eigenvalue weighted by atomic mass is 19.1. The molecule has 21 heavy (non-hydrogen) atoms. The zero-order chi connectivity index (χ0) is 15.4. The highest BCUT2D eigenvalue weighted by Gasteiger charge is 2.52. The third-order valence-electron chi connectivity index (χ3n) is 4.34. The lowest BCUT2D eigenvalue weighted by Gasteiger charge is -2.32. The van der Waals surface area contributed by atoms with E-state index in [1.807, 2.05) is 27.7 Å². The van der Waals surface area contributed by atoms with Gasteiger partial charge in [-0.15, -0.1) is 0 Å². The van der Waals surface area contributed by atoms with E-state index in [1.165, 1.54) is 18.2 Å². The van der Waals surface area contributed by atoms with Gasteiger partial charge < -0.3 is 14.3 Å². The van der Waals surface area contributed by atoms with E-state index in [0.29, 0.717) is 11.0 Å². The molecule has 4 nitrogen and oxygen atoms in total. The summed E-state index contributed by atoms with van der Waals surface area (Å²) in [5, 5.41) is 0.717. The number of pyridine rings is 1. The normalized spacial score (nSPS) is 20.1. The lowest BCUT2D eigenvalue weighted by molar-refractivity contribution is 0.00578. The number of hydrogen-bond acceptors (Lipinski definition) is 3. The van der Waals surface area contributed by atoms with E-state index in [-0.39, 0.29) is 5.56 Å². The van der Waals surface area contributed by atoms with Crippen LogP contribution in [-0.2, 0) is 9.31 Å². The second-order valence-electron chi connectivity index (χ2n) is 6.37. The number of hydrogen-bond donors (Lipinski definition) is 1. The summed E-state index contributed by atoms with van der Waals surface area (Å²) < 4.78 is 25.3. The molecule has 0 atom stereocenters. The van der Waals surface area contributed by atoms with Crippen LogP contribution in [0.25, 0.3) is 10.9 Å². The van der Waals surface area contributed by atoms with Gasteiger partial charge in [0, 0.05) is 6.07 Å². The highest BCUT2D eigenvalue weighted by molar-refractivity contribution is 6.65. The molecule has 0 saturated carbocycles. The fraction of sp³-hybridized carbons (Fsp3) is 0.400. The molecule has 0 bridgehead atoms. The molecule has 6 heteroatoms. The molecule has 2 aromatic rings. The summed E-state index contributed by atoms with van der Waals surface area (Å²) in [6.07, 6.45) is 0. The second-order valence-corrected chi connectivity index (χ2v) is 6.37. The molecule has 0 radical (unpaired) electrons. The molecule has 2 heterocycles. The predicted molar refractivity (Wildman–Crippen MR) is 80.2 cm³/mol. The largest absolute Gasteiger partial charge is 0.495 e. The number of aromatic amines is 1. The first kappa shape index (κ1) is 14.3. The molecule has 0 amide bonds. The Morgan fingerprint density at radius 3 is 2.33 bits per heavy atom. The molecule has 0 spiro atoms. The van der Waals surface area contributed by atoms with Crippen LogP contribution in [0.4, 0.5) is 4.39 Å². The fourth-order valence-corrected chi connectivity index (χ4v) is 2.42. The molecular formula is C15H17BFNO3. The van der Waals surface area contributed by atoms with Crippen LogP contribution in [0.1, 0.15) is 27.7 Å². The first-order valence-electron chi connectivity index (χ1n) is 6.88. The van der Waals surface area contributed by atoms with Gasteiger partial charge in [0.05, 0.1) is 16.7 Å². The minimum absolute atomic E-state index is 0.308. The van der Waals surface area contributed by atoms with Gasteiger partial charge in [-0.3, -0.25) is 4.79 Å². The van der Waals surface area contributed by atoms with Crippen LogP contribution < -0.4 is 11.0 Å². The van der Waals surface area contributed by atoms with Gasteiger partial charge >= 0.3 is 7.12 Å². The Labute approximate surface area is 122 Å². The predicted octanol–water partition coefficient (Wildman–Crippen LogP) is 1.97. The summed E-state index contributed by atoms with van der Waals surface area (Å²) in [6, 6.07) is 5.73. The van der Waals surface area contributed by atoms with Crippen molar-refractivity contribution in [2.24, 2.45) is 0 Å². The molecule has 1 aromatic carbocycles. The minimum Gasteiger partial charge on any atom is -0.399 e. The number of halogens is 1. The summed E-state index contributed by atoms with van der Waals surface area (Å²) in [6.45, 7) is 7.79. The van der Waals surface area contributed by atoms with Crippen LogP contribution in [0.3, 0.4) is 0 Å².